The van der Waals surface area contributed by atoms with Crippen LogP contribution in [0.15, 0.2) is 36.8 Å². The van der Waals surface area contributed by atoms with Gasteiger partial charge in [-0.05, 0) is 49.9 Å². The van der Waals surface area contributed by atoms with Crippen LogP contribution in [0.3, 0.4) is 0 Å². The van der Waals surface area contributed by atoms with Gasteiger partial charge >= 0.3 is 0 Å². The molecule has 3 heteroatoms. The fourth-order valence-electron chi connectivity index (χ4n) is 3.79. The van der Waals surface area contributed by atoms with Crippen molar-refractivity contribution in [2.24, 2.45) is 0 Å². The lowest BCUT2D eigenvalue weighted by Gasteiger charge is -2.25. The van der Waals surface area contributed by atoms with Crippen LogP contribution in [0, 0.1) is 0 Å². The highest BCUT2D eigenvalue weighted by Crippen LogP contribution is 2.34. The molecule has 0 amide bonds. The number of hydrogen-bond donors (Lipinski definition) is 1. The smallest absolute Gasteiger partial charge is 0.0951 e. The molecule has 1 fully saturated rings. The lowest BCUT2D eigenvalue weighted by molar-refractivity contribution is 0.418. The molecule has 2 aromatic rings. The average Bonchev–Trinajstić information content (AvgIpc) is 3.14. The van der Waals surface area contributed by atoms with Gasteiger partial charge in [0.25, 0.3) is 0 Å². The van der Waals surface area contributed by atoms with Crippen molar-refractivity contribution in [2.75, 3.05) is 13.1 Å². The highest BCUT2D eigenvalue weighted by atomic mass is 15.1. The Labute approximate surface area is 120 Å². The molecule has 1 aliphatic heterocycles. The quantitative estimate of drug-likeness (QED) is 0.906. The minimum absolute atomic E-state index is 0.569. The van der Waals surface area contributed by atoms with Crippen molar-refractivity contribution in [3.8, 4) is 0 Å². The van der Waals surface area contributed by atoms with Crippen molar-refractivity contribution in [3.63, 3.8) is 0 Å². The summed E-state index contributed by atoms with van der Waals surface area (Å²) in [6.07, 6.45) is 8.94. The molecule has 1 aromatic heterocycles. The van der Waals surface area contributed by atoms with Crippen LogP contribution in [0.2, 0.25) is 0 Å². The SMILES string of the molecule is c1ccc2c(c1)CC(n1cncc1C1CCNCC1)C2. The highest BCUT2D eigenvalue weighted by molar-refractivity contribution is 5.33. The molecule has 1 aliphatic carbocycles. The summed E-state index contributed by atoms with van der Waals surface area (Å²) >= 11 is 0. The van der Waals surface area contributed by atoms with E-state index < -0.39 is 0 Å². The minimum Gasteiger partial charge on any atom is -0.331 e. The van der Waals surface area contributed by atoms with Gasteiger partial charge in [0.1, 0.15) is 0 Å². The lowest BCUT2D eigenvalue weighted by atomic mass is 9.94. The number of fused-ring (bicyclic) bond motifs is 1. The maximum atomic E-state index is 4.45. The van der Waals surface area contributed by atoms with E-state index in [1.807, 2.05) is 6.33 Å². The normalized spacial score (nSPS) is 20.2. The van der Waals surface area contributed by atoms with Gasteiger partial charge in [-0.1, -0.05) is 24.3 Å². The van der Waals surface area contributed by atoms with E-state index in [4.69, 9.17) is 0 Å². The first-order valence-electron chi connectivity index (χ1n) is 7.71. The number of piperidine rings is 1. The number of nitrogens with zero attached hydrogens (tertiary/aromatic N) is 2. The molecular formula is C17H21N3. The Morgan fingerprint density at radius 3 is 2.45 bits per heavy atom. The Balaban J connectivity index is 1.60. The van der Waals surface area contributed by atoms with Gasteiger partial charge in [-0.2, -0.15) is 0 Å². The van der Waals surface area contributed by atoms with Gasteiger partial charge in [0.05, 0.1) is 6.33 Å². The maximum Gasteiger partial charge on any atom is 0.0951 e. The average molecular weight is 267 g/mol. The molecule has 2 aliphatic rings. The monoisotopic (exact) mass is 267 g/mol. The van der Waals surface area contributed by atoms with Gasteiger partial charge in [-0.15, -0.1) is 0 Å². The molecule has 0 bridgehead atoms. The second kappa shape index (κ2) is 5.06. The van der Waals surface area contributed by atoms with E-state index >= 15 is 0 Å². The largest absolute Gasteiger partial charge is 0.331 e. The van der Waals surface area contributed by atoms with Crippen LogP contribution in [0.1, 0.15) is 41.6 Å². The molecule has 1 N–H and O–H groups in total. The summed E-state index contributed by atoms with van der Waals surface area (Å²) in [6.45, 7) is 2.28. The summed E-state index contributed by atoms with van der Waals surface area (Å²) in [5.74, 6) is 0.683. The van der Waals surface area contributed by atoms with E-state index in [0.717, 1.165) is 25.9 Å². The van der Waals surface area contributed by atoms with Gasteiger partial charge in [0, 0.05) is 23.9 Å². The van der Waals surface area contributed by atoms with Crippen molar-refractivity contribution in [1.82, 2.24) is 14.9 Å². The molecule has 104 valence electrons. The third kappa shape index (κ3) is 2.06. The zero-order chi connectivity index (χ0) is 13.4. The summed E-state index contributed by atoms with van der Waals surface area (Å²) in [7, 11) is 0. The second-order valence-corrected chi connectivity index (χ2v) is 6.08. The Kier molecular flexibility index (Phi) is 3.07. The van der Waals surface area contributed by atoms with Crippen LogP contribution in [0.25, 0.3) is 0 Å². The predicted molar refractivity (Wildman–Crippen MR) is 80.0 cm³/mol. The molecule has 4 rings (SSSR count). The first kappa shape index (κ1) is 12.2. The van der Waals surface area contributed by atoms with Crippen molar-refractivity contribution in [3.05, 3.63) is 53.6 Å². The van der Waals surface area contributed by atoms with Crippen LogP contribution in [0.4, 0.5) is 0 Å². The van der Waals surface area contributed by atoms with Gasteiger partial charge in [0.15, 0.2) is 0 Å². The number of imidazole rings is 1. The van der Waals surface area contributed by atoms with Gasteiger partial charge in [0.2, 0.25) is 0 Å². The van der Waals surface area contributed by atoms with Crippen LogP contribution >= 0.6 is 0 Å². The first-order chi connectivity index (χ1) is 9.92. The Morgan fingerprint density at radius 1 is 1.05 bits per heavy atom. The van der Waals surface area contributed by atoms with E-state index in [9.17, 15) is 0 Å². The first-order valence-corrected chi connectivity index (χ1v) is 7.71. The maximum absolute atomic E-state index is 4.45. The fraction of sp³-hybridized carbons (Fsp3) is 0.471. The van der Waals surface area contributed by atoms with E-state index in [-0.39, 0.29) is 0 Å². The van der Waals surface area contributed by atoms with Crippen LogP contribution in [0.5, 0.6) is 0 Å². The molecule has 0 saturated carbocycles. The Morgan fingerprint density at radius 2 is 1.75 bits per heavy atom. The van der Waals surface area contributed by atoms with Crippen LogP contribution < -0.4 is 5.32 Å². The summed E-state index contributed by atoms with van der Waals surface area (Å²) in [5, 5.41) is 3.45. The van der Waals surface area contributed by atoms with Crippen molar-refractivity contribution < 1.29 is 0 Å². The van der Waals surface area contributed by atoms with Gasteiger partial charge in [-0.3, -0.25) is 0 Å². The molecule has 1 aromatic carbocycles. The molecule has 3 nitrogen and oxygen atoms in total. The number of benzene rings is 1. The number of nitrogens with one attached hydrogen (secondary N) is 1. The van der Waals surface area contributed by atoms with Crippen LogP contribution in [-0.4, -0.2) is 22.6 Å². The topological polar surface area (TPSA) is 29.9 Å². The molecular weight excluding hydrogens is 246 g/mol. The fourth-order valence-corrected chi connectivity index (χ4v) is 3.79. The van der Waals surface area contributed by atoms with Crippen LogP contribution in [-0.2, 0) is 12.8 Å². The molecule has 0 atom stereocenters. The molecule has 1 saturated heterocycles. The minimum atomic E-state index is 0.569. The highest BCUT2D eigenvalue weighted by Gasteiger charge is 2.26. The van der Waals surface area contributed by atoms with E-state index in [1.54, 1.807) is 0 Å². The van der Waals surface area contributed by atoms with E-state index in [1.165, 1.54) is 29.7 Å². The van der Waals surface area contributed by atoms with Crippen molar-refractivity contribution >= 4 is 0 Å². The number of hydrogen-bond acceptors (Lipinski definition) is 2. The molecule has 0 radical (unpaired) electrons. The van der Waals surface area contributed by atoms with E-state index in [2.05, 4.69) is 45.3 Å². The Bertz CT molecular complexity index is 571. The Hall–Kier alpha value is -1.61. The third-order valence-corrected chi connectivity index (χ3v) is 4.88. The molecule has 20 heavy (non-hydrogen) atoms. The summed E-state index contributed by atoms with van der Waals surface area (Å²) < 4.78 is 2.45. The van der Waals surface area contributed by atoms with E-state index in [0.29, 0.717) is 12.0 Å². The molecule has 2 heterocycles. The number of aromatic nitrogens is 2. The van der Waals surface area contributed by atoms with Crippen molar-refractivity contribution in [2.45, 2.75) is 37.6 Å². The third-order valence-electron chi connectivity index (χ3n) is 4.88. The molecule has 0 spiro atoms. The number of rotatable bonds is 2. The summed E-state index contributed by atoms with van der Waals surface area (Å²) in [6, 6.07) is 9.43. The zero-order valence-electron chi connectivity index (χ0n) is 11.8. The second-order valence-electron chi connectivity index (χ2n) is 6.08. The lowest BCUT2D eigenvalue weighted by Crippen LogP contribution is -2.28. The van der Waals surface area contributed by atoms with Gasteiger partial charge in [-0.25, -0.2) is 4.98 Å². The summed E-state index contributed by atoms with van der Waals surface area (Å²) in [4.78, 5) is 4.45. The van der Waals surface area contributed by atoms with Crippen molar-refractivity contribution in [1.29, 1.82) is 0 Å². The predicted octanol–water partition coefficient (Wildman–Crippen LogP) is 2.69. The van der Waals surface area contributed by atoms with Gasteiger partial charge < -0.3 is 9.88 Å². The molecule has 0 unspecified atom stereocenters. The standard InChI is InChI=1S/C17H21N3/c1-2-4-15-10-16(9-14(15)3-1)20-12-19-11-17(20)13-5-7-18-8-6-13/h1-4,11-13,16,18H,5-10H2. The summed E-state index contributed by atoms with van der Waals surface area (Å²) in [5.41, 5.74) is 4.48. The zero-order valence-corrected chi connectivity index (χ0v) is 11.8.